The number of piperidine rings is 1. The van der Waals surface area contributed by atoms with Crippen LogP contribution in [0, 0.1) is 21.4 Å². The number of nitro benzene ring substituents is 1. The second kappa shape index (κ2) is 18.4. The zero-order valence-electron chi connectivity index (χ0n) is 39.7. The number of sulfonamides is 1. The van der Waals surface area contributed by atoms with E-state index in [1.54, 1.807) is 24.4 Å². The number of fused-ring (bicyclic) bond motifs is 2. The Balaban J connectivity index is 0.865. The van der Waals surface area contributed by atoms with Crippen LogP contribution in [-0.2, 0) is 10.0 Å². The molecule has 4 fully saturated rings. The smallest absolute Gasteiger partial charge is 0.316 e. The average molecular weight is 963 g/mol. The number of hydrogen-bond acceptors (Lipinski definition) is 13. The van der Waals surface area contributed by atoms with Crippen LogP contribution in [0.3, 0.4) is 0 Å². The molecule has 0 bridgehead atoms. The molecule has 2 aliphatic carbocycles. The summed E-state index contributed by atoms with van der Waals surface area (Å²) in [5.74, 6) is -0.126. The molecule has 3 aromatic carbocycles. The molecule has 10 rings (SSSR count). The van der Waals surface area contributed by atoms with Gasteiger partial charge in [0.2, 0.25) is 5.75 Å². The molecule has 5 aliphatic rings. The van der Waals surface area contributed by atoms with Gasteiger partial charge in [0.05, 0.1) is 28.1 Å². The van der Waals surface area contributed by atoms with E-state index in [2.05, 4.69) is 62.6 Å². The van der Waals surface area contributed by atoms with Crippen molar-refractivity contribution in [2.24, 2.45) is 11.3 Å². The van der Waals surface area contributed by atoms with E-state index in [4.69, 9.17) is 18.9 Å². The van der Waals surface area contributed by atoms with Crippen molar-refractivity contribution >= 4 is 38.3 Å². The van der Waals surface area contributed by atoms with Crippen LogP contribution < -0.4 is 28.6 Å². The number of nitrogens with zero attached hydrogens (tertiary/aromatic N) is 4. The molecular formula is C52H62N6O10S. The number of anilines is 1. The molecule has 0 radical (unpaired) electrons. The number of likely N-dealkylation sites (tertiary alicyclic amines) is 1. The number of methoxy groups -OCH3 is 1. The summed E-state index contributed by atoms with van der Waals surface area (Å²) < 4.78 is 54.3. The molecule has 1 spiro atoms. The number of pyridine rings is 1. The molecular weight excluding hydrogens is 901 g/mol. The summed E-state index contributed by atoms with van der Waals surface area (Å²) in [4.78, 5) is 38.0. The number of carbonyl (C=O) groups is 1. The number of benzene rings is 3. The number of carbonyl (C=O) groups excluding carboxylic acids is 1. The molecule has 2 aromatic heterocycles. The van der Waals surface area contributed by atoms with Gasteiger partial charge in [-0.1, -0.05) is 38.1 Å². The zero-order chi connectivity index (χ0) is 48.2. The number of nitro groups is 1. The van der Waals surface area contributed by atoms with Gasteiger partial charge in [0.25, 0.3) is 21.8 Å². The van der Waals surface area contributed by atoms with Crippen LogP contribution in [0.5, 0.6) is 28.9 Å². The lowest BCUT2D eigenvalue weighted by atomic mass is 9.59. The summed E-state index contributed by atoms with van der Waals surface area (Å²) in [6.45, 7) is 9.19. The minimum atomic E-state index is -4.72. The second-order valence-electron chi connectivity index (χ2n) is 20.6. The third-order valence-corrected chi connectivity index (χ3v) is 16.9. The maximum Gasteiger partial charge on any atom is 0.316 e. The summed E-state index contributed by atoms with van der Waals surface area (Å²) in [7, 11) is -3.26. The van der Waals surface area contributed by atoms with Crippen LogP contribution in [0.15, 0.2) is 77.8 Å². The third kappa shape index (κ3) is 9.44. The highest BCUT2D eigenvalue weighted by atomic mass is 32.2. The van der Waals surface area contributed by atoms with E-state index < -0.39 is 43.1 Å². The first-order chi connectivity index (χ1) is 33.1. The van der Waals surface area contributed by atoms with Crippen LogP contribution in [0.2, 0.25) is 0 Å². The normalized spacial score (nSPS) is 23.8. The summed E-state index contributed by atoms with van der Waals surface area (Å²) >= 11 is 0. The van der Waals surface area contributed by atoms with Gasteiger partial charge in [0.1, 0.15) is 24.1 Å². The molecule has 0 unspecified atom stereocenters. The first-order valence-corrected chi connectivity index (χ1v) is 25.9. The molecule has 2 saturated heterocycles. The minimum Gasteiger partial charge on any atom is -0.486 e. The first kappa shape index (κ1) is 46.8. The van der Waals surface area contributed by atoms with E-state index in [9.17, 15) is 28.4 Å². The van der Waals surface area contributed by atoms with Crippen LogP contribution in [0.4, 0.5) is 11.4 Å². The third-order valence-electron chi connectivity index (χ3n) is 15.6. The van der Waals surface area contributed by atoms with E-state index in [1.807, 2.05) is 13.0 Å². The van der Waals surface area contributed by atoms with Crippen molar-refractivity contribution < 1.29 is 42.2 Å². The van der Waals surface area contributed by atoms with Crippen LogP contribution in [0.25, 0.3) is 11.0 Å². The topological polar surface area (TPSA) is 199 Å². The fraction of sp³-hybridized carbons (Fsp3) is 0.500. The Bertz CT molecular complexity index is 2860. The van der Waals surface area contributed by atoms with Gasteiger partial charge in [-0.3, -0.25) is 19.8 Å². The molecule has 2 saturated carbocycles. The van der Waals surface area contributed by atoms with Crippen molar-refractivity contribution in [3.8, 4) is 28.9 Å². The van der Waals surface area contributed by atoms with Gasteiger partial charge in [-0.25, -0.2) is 13.1 Å². The van der Waals surface area contributed by atoms with E-state index in [0.29, 0.717) is 42.9 Å². The van der Waals surface area contributed by atoms with Gasteiger partial charge in [0.15, 0.2) is 11.5 Å². The van der Waals surface area contributed by atoms with Crippen LogP contribution in [0.1, 0.15) is 125 Å². The highest BCUT2D eigenvalue weighted by molar-refractivity contribution is 7.90. The quantitative estimate of drug-likeness (QED) is 0.0745. The SMILES string of the molecule is COc1nc2[nH]ccc2cc1Oc1cc(N2CCC3(CC2)CC(N2CCC[C@H]2c2ccccc2C(C)C)C3)ccc1C(=O)NS(=O)(=O)c1cc2c(c([N+](=O)[O-])c1)O[C@H](CC1CCC(C)(O)CC1)CO2. The van der Waals surface area contributed by atoms with E-state index in [0.717, 1.165) is 68.5 Å². The maximum absolute atomic E-state index is 14.2. The number of amides is 1. The van der Waals surface area contributed by atoms with Crippen molar-refractivity contribution in [2.75, 3.05) is 38.3 Å². The summed E-state index contributed by atoms with van der Waals surface area (Å²) in [6.07, 6.45) is 11.5. The van der Waals surface area contributed by atoms with Gasteiger partial charge in [-0.15, -0.1) is 0 Å². The summed E-state index contributed by atoms with van der Waals surface area (Å²) in [6, 6.07) is 20.6. The predicted molar refractivity (Wildman–Crippen MR) is 260 cm³/mol. The standard InChI is InChI=1S/C52H62N6O10S/c1-32(2)39-8-5-6-9-40(39)42-10-7-21-57(42)36-29-52(30-36)18-22-56(23-19-52)35-11-12-41(44(26-35)68-46-25-34-15-20-53-48(34)54-50(46)65-4)49(59)55-69(63,64)38-27-43(58(61)62)47-45(28-38)66-31-37(67-47)24-33-13-16-51(3,60)17-14-33/h5-6,8-9,11-12,15,20,25-28,32-33,36-37,42,60H,7,10,13-14,16-19,21-24,29-31H2,1-4H3,(H,53,54)(H,55,59)/t33?,37-,42+,51?/m1/s1. The molecule has 5 aromatic rings. The lowest BCUT2D eigenvalue weighted by Gasteiger charge is -2.56. The molecule has 3 aliphatic heterocycles. The fourth-order valence-electron chi connectivity index (χ4n) is 11.7. The number of aromatic nitrogens is 2. The summed E-state index contributed by atoms with van der Waals surface area (Å²) in [5, 5.41) is 23.5. The molecule has 366 valence electrons. The Hall–Kier alpha value is -5.91. The molecule has 69 heavy (non-hydrogen) atoms. The van der Waals surface area contributed by atoms with Crippen molar-refractivity contribution in [2.45, 2.75) is 126 Å². The monoisotopic (exact) mass is 962 g/mol. The fourth-order valence-corrected chi connectivity index (χ4v) is 12.7. The molecule has 3 N–H and O–H groups in total. The number of aliphatic hydroxyl groups is 1. The second-order valence-corrected chi connectivity index (χ2v) is 22.3. The molecule has 17 heteroatoms. The van der Waals surface area contributed by atoms with E-state index in [-0.39, 0.29) is 52.4 Å². The average Bonchev–Trinajstić information content (AvgIpc) is 4.00. The largest absolute Gasteiger partial charge is 0.486 e. The Labute approximate surface area is 402 Å². The van der Waals surface area contributed by atoms with E-state index >= 15 is 0 Å². The molecule has 1 amide bonds. The lowest BCUT2D eigenvalue weighted by Crippen LogP contribution is -2.54. The molecule has 2 atom stereocenters. The van der Waals surface area contributed by atoms with Crippen molar-refractivity contribution in [1.29, 1.82) is 0 Å². The van der Waals surface area contributed by atoms with Crippen LogP contribution in [-0.4, -0.2) is 90.3 Å². The Morgan fingerprint density at radius 2 is 1.78 bits per heavy atom. The molecule has 16 nitrogen and oxygen atoms in total. The number of aromatic amines is 1. The number of ether oxygens (including phenoxy) is 4. The van der Waals surface area contributed by atoms with Gasteiger partial charge in [-0.05, 0) is 137 Å². The lowest BCUT2D eigenvalue weighted by molar-refractivity contribution is -0.386. The minimum absolute atomic E-state index is 0.0540. The van der Waals surface area contributed by atoms with Gasteiger partial charge in [-0.2, -0.15) is 4.98 Å². The van der Waals surface area contributed by atoms with Crippen molar-refractivity contribution in [3.63, 3.8) is 0 Å². The molecule has 5 heterocycles. The Kier molecular flexibility index (Phi) is 12.5. The van der Waals surface area contributed by atoms with Gasteiger partial charge >= 0.3 is 5.69 Å². The van der Waals surface area contributed by atoms with E-state index in [1.165, 1.54) is 50.0 Å². The highest BCUT2D eigenvalue weighted by Crippen LogP contribution is 2.54. The van der Waals surface area contributed by atoms with Crippen molar-refractivity contribution in [1.82, 2.24) is 19.6 Å². The van der Waals surface area contributed by atoms with Gasteiger partial charge in [0, 0.05) is 60.6 Å². The number of nitrogens with one attached hydrogen (secondary N) is 2. The number of H-pyrrole nitrogens is 1. The van der Waals surface area contributed by atoms with Crippen molar-refractivity contribution in [3.05, 3.63) is 99.7 Å². The Morgan fingerprint density at radius 1 is 1.01 bits per heavy atom. The Morgan fingerprint density at radius 3 is 2.52 bits per heavy atom. The zero-order valence-corrected chi connectivity index (χ0v) is 40.6. The maximum atomic E-state index is 14.2. The predicted octanol–water partition coefficient (Wildman–Crippen LogP) is 9.57. The number of hydrogen-bond donors (Lipinski definition) is 3. The summed E-state index contributed by atoms with van der Waals surface area (Å²) in [5.41, 5.74) is 3.19. The van der Waals surface area contributed by atoms with Gasteiger partial charge < -0.3 is 33.9 Å². The highest BCUT2D eigenvalue weighted by Gasteiger charge is 2.50. The first-order valence-electron chi connectivity index (χ1n) is 24.4. The number of rotatable bonds is 13. The van der Waals surface area contributed by atoms with Crippen LogP contribution >= 0.6 is 0 Å².